The summed E-state index contributed by atoms with van der Waals surface area (Å²) < 4.78 is 0. The third-order valence-corrected chi connectivity index (χ3v) is 4.08. The van der Waals surface area contributed by atoms with Crippen LogP contribution >= 0.6 is 0 Å². The summed E-state index contributed by atoms with van der Waals surface area (Å²) in [6.07, 6.45) is 0. The van der Waals surface area contributed by atoms with Crippen molar-refractivity contribution in [2.75, 3.05) is 26.2 Å². The molecule has 0 saturated carbocycles. The average Bonchev–Trinajstić information content (AvgIpc) is 2.38. The van der Waals surface area contributed by atoms with Crippen molar-refractivity contribution in [3.63, 3.8) is 0 Å². The van der Waals surface area contributed by atoms with Crippen molar-refractivity contribution in [3.8, 4) is 0 Å². The molecule has 0 aromatic carbocycles. The molecular formula is C16H28N4. The number of aryl methyl sites for hydroxylation is 1. The summed E-state index contributed by atoms with van der Waals surface area (Å²) in [5.41, 5.74) is 2.13. The van der Waals surface area contributed by atoms with E-state index in [-0.39, 0.29) is 11.0 Å². The van der Waals surface area contributed by atoms with E-state index in [0.29, 0.717) is 0 Å². The van der Waals surface area contributed by atoms with Gasteiger partial charge in [0.25, 0.3) is 0 Å². The van der Waals surface area contributed by atoms with Crippen molar-refractivity contribution < 1.29 is 0 Å². The second-order valence-electron chi connectivity index (χ2n) is 7.26. The minimum absolute atomic E-state index is 0.0575. The van der Waals surface area contributed by atoms with E-state index in [1.807, 2.05) is 0 Å². The Balaban J connectivity index is 2.37. The van der Waals surface area contributed by atoms with Crippen LogP contribution in [-0.4, -0.2) is 41.0 Å². The Labute approximate surface area is 123 Å². The van der Waals surface area contributed by atoms with Gasteiger partial charge in [0.15, 0.2) is 0 Å². The highest BCUT2D eigenvalue weighted by Crippen LogP contribution is 2.28. The molecule has 1 aromatic rings. The highest BCUT2D eigenvalue weighted by Gasteiger charge is 2.33. The largest absolute Gasteiger partial charge is 0.314 e. The highest BCUT2D eigenvalue weighted by atomic mass is 15.3. The normalized spacial score (nSPS) is 18.3. The van der Waals surface area contributed by atoms with Gasteiger partial charge in [-0.05, 0) is 26.8 Å². The Bertz CT molecular complexity index is 468. The topological polar surface area (TPSA) is 41.1 Å². The molecule has 2 rings (SSSR count). The Kier molecular flexibility index (Phi) is 4.17. The summed E-state index contributed by atoms with van der Waals surface area (Å²) in [6.45, 7) is 17.3. The van der Waals surface area contributed by atoms with Crippen LogP contribution in [0.2, 0.25) is 0 Å². The molecule has 4 nitrogen and oxygen atoms in total. The molecular weight excluding hydrogens is 248 g/mol. The quantitative estimate of drug-likeness (QED) is 0.899. The Morgan fingerprint density at radius 1 is 1.05 bits per heavy atom. The number of piperazine rings is 1. The molecule has 112 valence electrons. The third-order valence-electron chi connectivity index (χ3n) is 4.08. The van der Waals surface area contributed by atoms with E-state index in [9.17, 15) is 0 Å². The van der Waals surface area contributed by atoms with Crippen molar-refractivity contribution >= 4 is 0 Å². The molecule has 0 bridgehead atoms. The van der Waals surface area contributed by atoms with Crippen LogP contribution in [-0.2, 0) is 11.0 Å². The SMILES string of the molecule is Cc1cc(C(C)(C)C)nc(C(C)(C)N2CCNCC2)n1. The number of rotatable bonds is 2. The highest BCUT2D eigenvalue weighted by molar-refractivity contribution is 5.20. The first-order valence-electron chi connectivity index (χ1n) is 7.53. The van der Waals surface area contributed by atoms with E-state index in [4.69, 9.17) is 9.97 Å². The molecule has 1 aliphatic heterocycles. The van der Waals surface area contributed by atoms with Gasteiger partial charge < -0.3 is 5.32 Å². The first kappa shape index (κ1) is 15.4. The standard InChI is InChI=1S/C16H28N4/c1-12-11-13(15(2,3)4)19-14(18-12)16(5,6)20-9-7-17-8-10-20/h11,17H,7-10H2,1-6H3. The second-order valence-corrected chi connectivity index (χ2v) is 7.26. The van der Waals surface area contributed by atoms with E-state index in [1.165, 1.54) is 0 Å². The maximum Gasteiger partial charge on any atom is 0.148 e. The van der Waals surface area contributed by atoms with Gasteiger partial charge in [-0.3, -0.25) is 4.90 Å². The minimum atomic E-state index is -0.117. The van der Waals surface area contributed by atoms with Gasteiger partial charge in [-0.1, -0.05) is 20.8 Å². The van der Waals surface area contributed by atoms with Gasteiger partial charge in [0.1, 0.15) is 5.82 Å². The summed E-state index contributed by atoms with van der Waals surface area (Å²) in [5.74, 6) is 0.948. The van der Waals surface area contributed by atoms with Gasteiger partial charge in [0.05, 0.1) is 5.54 Å². The molecule has 1 aromatic heterocycles. The fourth-order valence-electron chi connectivity index (χ4n) is 2.59. The number of nitrogens with one attached hydrogen (secondary N) is 1. The maximum atomic E-state index is 4.88. The second kappa shape index (κ2) is 5.41. The summed E-state index contributed by atoms with van der Waals surface area (Å²) >= 11 is 0. The van der Waals surface area contributed by atoms with Crippen LogP contribution in [0.25, 0.3) is 0 Å². The van der Waals surface area contributed by atoms with E-state index in [1.54, 1.807) is 0 Å². The van der Waals surface area contributed by atoms with Crippen LogP contribution in [0, 0.1) is 6.92 Å². The molecule has 0 radical (unpaired) electrons. The van der Waals surface area contributed by atoms with Crippen molar-refractivity contribution in [2.45, 2.75) is 52.5 Å². The molecule has 1 N–H and O–H groups in total. The van der Waals surface area contributed by atoms with Crippen LogP contribution in [0.3, 0.4) is 0 Å². The molecule has 0 spiro atoms. The lowest BCUT2D eigenvalue weighted by Crippen LogP contribution is -2.52. The molecule has 2 heterocycles. The molecule has 0 aliphatic carbocycles. The molecule has 1 aliphatic rings. The molecule has 20 heavy (non-hydrogen) atoms. The van der Waals surface area contributed by atoms with Crippen molar-refractivity contribution in [3.05, 3.63) is 23.3 Å². The van der Waals surface area contributed by atoms with E-state index in [0.717, 1.165) is 43.4 Å². The number of nitrogens with zero attached hydrogens (tertiary/aromatic N) is 3. The molecule has 1 fully saturated rings. The lowest BCUT2D eigenvalue weighted by atomic mass is 9.90. The zero-order valence-corrected chi connectivity index (χ0v) is 13.7. The summed E-state index contributed by atoms with van der Waals surface area (Å²) in [6, 6.07) is 2.11. The van der Waals surface area contributed by atoms with Crippen LogP contribution in [0.15, 0.2) is 6.07 Å². The van der Waals surface area contributed by atoms with Crippen LogP contribution in [0.1, 0.15) is 51.8 Å². The number of aromatic nitrogens is 2. The molecule has 0 atom stereocenters. The summed E-state index contributed by atoms with van der Waals surface area (Å²) in [5, 5.41) is 3.40. The fourth-order valence-corrected chi connectivity index (χ4v) is 2.59. The lowest BCUT2D eigenvalue weighted by molar-refractivity contribution is 0.0942. The minimum Gasteiger partial charge on any atom is -0.314 e. The average molecular weight is 276 g/mol. The number of hydrogen-bond donors (Lipinski definition) is 1. The van der Waals surface area contributed by atoms with Crippen LogP contribution in [0.5, 0.6) is 0 Å². The third kappa shape index (κ3) is 3.18. The predicted octanol–water partition coefficient (Wildman–Crippen LogP) is 2.22. The first-order valence-corrected chi connectivity index (χ1v) is 7.53. The van der Waals surface area contributed by atoms with Gasteiger partial charge in [-0.25, -0.2) is 9.97 Å². The number of hydrogen-bond acceptors (Lipinski definition) is 4. The smallest absolute Gasteiger partial charge is 0.148 e. The monoisotopic (exact) mass is 276 g/mol. The molecule has 0 unspecified atom stereocenters. The van der Waals surface area contributed by atoms with Crippen LogP contribution < -0.4 is 5.32 Å². The van der Waals surface area contributed by atoms with Crippen molar-refractivity contribution in [2.24, 2.45) is 0 Å². The zero-order chi connectivity index (χ0) is 15.0. The Hall–Kier alpha value is -1.00. The Morgan fingerprint density at radius 3 is 2.20 bits per heavy atom. The Morgan fingerprint density at radius 2 is 1.65 bits per heavy atom. The summed E-state index contributed by atoms with van der Waals surface area (Å²) in [4.78, 5) is 12.1. The van der Waals surface area contributed by atoms with Gasteiger partial charge in [0, 0.05) is 43.0 Å². The molecule has 1 saturated heterocycles. The van der Waals surface area contributed by atoms with Crippen molar-refractivity contribution in [1.29, 1.82) is 0 Å². The first-order chi connectivity index (χ1) is 9.21. The lowest BCUT2D eigenvalue weighted by Gasteiger charge is -2.40. The summed E-state index contributed by atoms with van der Waals surface area (Å²) in [7, 11) is 0. The zero-order valence-electron chi connectivity index (χ0n) is 13.7. The maximum absolute atomic E-state index is 4.88. The van der Waals surface area contributed by atoms with Gasteiger partial charge in [0.2, 0.25) is 0 Å². The van der Waals surface area contributed by atoms with E-state index in [2.05, 4.69) is 57.8 Å². The van der Waals surface area contributed by atoms with Crippen LogP contribution in [0.4, 0.5) is 0 Å². The predicted molar refractivity (Wildman–Crippen MR) is 82.9 cm³/mol. The van der Waals surface area contributed by atoms with Gasteiger partial charge >= 0.3 is 0 Å². The van der Waals surface area contributed by atoms with E-state index >= 15 is 0 Å². The molecule has 0 amide bonds. The fraction of sp³-hybridized carbons (Fsp3) is 0.750. The van der Waals surface area contributed by atoms with E-state index < -0.39 is 0 Å². The molecule has 4 heteroatoms. The van der Waals surface area contributed by atoms with Crippen molar-refractivity contribution in [1.82, 2.24) is 20.2 Å². The van der Waals surface area contributed by atoms with Gasteiger partial charge in [-0.15, -0.1) is 0 Å². The van der Waals surface area contributed by atoms with Gasteiger partial charge in [-0.2, -0.15) is 0 Å².